The van der Waals surface area contributed by atoms with Crippen LogP contribution in [0.4, 0.5) is 5.69 Å². The van der Waals surface area contributed by atoms with Crippen LogP contribution in [0.3, 0.4) is 0 Å². The summed E-state index contributed by atoms with van der Waals surface area (Å²) in [5.74, 6) is 0.531. The summed E-state index contributed by atoms with van der Waals surface area (Å²) in [6, 6.07) is 12.2. The van der Waals surface area contributed by atoms with E-state index >= 15 is 0 Å². The van der Waals surface area contributed by atoms with Crippen molar-refractivity contribution in [3.8, 4) is 16.9 Å². The van der Waals surface area contributed by atoms with Crippen LogP contribution in [0.5, 0.6) is 5.75 Å². The topological polar surface area (TPSA) is 75.7 Å². The zero-order chi connectivity index (χ0) is 20.5. The number of benzene rings is 2. The van der Waals surface area contributed by atoms with Gasteiger partial charge in [0.2, 0.25) is 0 Å². The van der Waals surface area contributed by atoms with Gasteiger partial charge in [0, 0.05) is 29.5 Å². The Bertz CT molecular complexity index is 819. The maximum absolute atomic E-state index is 11.3. The number of aromatic hydroxyl groups is 1. The summed E-state index contributed by atoms with van der Waals surface area (Å²) in [4.78, 5) is 15.5. The fraction of sp³-hybridized carbons (Fsp3) is 0.350. The number of aliphatic imine (C=N–C) groups is 1. The fourth-order valence-corrected chi connectivity index (χ4v) is 3.38. The Labute approximate surface area is 183 Å². The van der Waals surface area contributed by atoms with E-state index in [2.05, 4.69) is 11.9 Å². The molecular weight excluding hydrogens is 478 g/mol. The molecule has 28 heavy (non-hydrogen) atoms. The summed E-state index contributed by atoms with van der Waals surface area (Å²) in [5, 5.41) is 21.9. The third-order valence-electron chi connectivity index (χ3n) is 4.89. The minimum atomic E-state index is -0.826. The molecule has 1 fully saturated rings. The van der Waals surface area contributed by atoms with Crippen LogP contribution in [0.1, 0.15) is 38.2 Å². The van der Waals surface area contributed by atoms with Crippen molar-refractivity contribution in [2.75, 3.05) is 0 Å². The molecule has 0 saturated heterocycles. The van der Waals surface area contributed by atoms with Gasteiger partial charge >= 0.3 is 37.9 Å². The number of nitro groups is 1. The number of phenolic OH excluding ortho intramolecular Hbond substituents is 1. The average molecular weight is 501 g/mol. The molecule has 0 bridgehead atoms. The summed E-state index contributed by atoms with van der Waals surface area (Å²) in [6.07, 6.45) is 6.16. The molecule has 2 aromatic rings. The first-order chi connectivity index (χ1) is 13.5. The molecule has 5 nitrogen and oxygen atoms in total. The molecular formula is C20H22Cl2N2O3Zr. The first-order valence-corrected chi connectivity index (χ1v) is 15.4. The molecule has 148 valence electrons. The van der Waals surface area contributed by atoms with E-state index in [0.29, 0.717) is 17.0 Å². The minimum absolute atomic E-state index is 0.0315. The Hall–Kier alpha value is -1.23. The SMILES string of the molecule is CC1CCCCC1N=Cc1cc([N+](=O)[O-])cc(-c2ccccc2)c1O.[Cl][Zr][Cl]. The zero-order valence-electron chi connectivity index (χ0n) is 15.5. The zero-order valence-corrected chi connectivity index (χ0v) is 19.5. The van der Waals surface area contributed by atoms with Gasteiger partial charge in [-0.05, 0) is 24.3 Å². The third-order valence-corrected chi connectivity index (χ3v) is 4.89. The van der Waals surface area contributed by atoms with Crippen molar-refractivity contribution in [3.05, 3.63) is 58.1 Å². The van der Waals surface area contributed by atoms with Crippen molar-refractivity contribution in [2.45, 2.75) is 38.6 Å². The predicted molar refractivity (Wildman–Crippen MR) is 111 cm³/mol. The number of non-ortho nitro benzene ring substituents is 1. The maximum atomic E-state index is 11.3. The molecule has 0 spiro atoms. The third kappa shape index (κ3) is 6.40. The molecule has 8 heteroatoms. The van der Waals surface area contributed by atoms with Crippen LogP contribution in [-0.4, -0.2) is 22.3 Å². The van der Waals surface area contributed by atoms with Gasteiger partial charge in [-0.3, -0.25) is 15.1 Å². The van der Waals surface area contributed by atoms with Gasteiger partial charge in [0.05, 0.1) is 11.0 Å². The van der Waals surface area contributed by atoms with Crippen molar-refractivity contribution < 1.29 is 30.9 Å². The number of hydrogen-bond acceptors (Lipinski definition) is 4. The second kappa shape index (κ2) is 11.7. The van der Waals surface area contributed by atoms with Crippen molar-refractivity contribution >= 4 is 28.9 Å². The standard InChI is InChI=1S/C20H22N2O3.2ClH.Zr/c1-14-7-5-6-10-19(14)21-13-16-11-17(22(24)25)12-18(20(16)23)15-8-3-2-4-9-15;;;/h2-4,8-9,11-14,19,23H,5-7,10H2,1H3;2*1H;/q;;;+2/p-2. The molecule has 1 aliphatic rings. The molecule has 0 aromatic heterocycles. The van der Waals surface area contributed by atoms with Gasteiger partial charge in [-0.2, -0.15) is 0 Å². The molecule has 2 unspecified atom stereocenters. The molecule has 2 atom stereocenters. The Morgan fingerprint density at radius 1 is 1.21 bits per heavy atom. The number of rotatable bonds is 4. The summed E-state index contributed by atoms with van der Waals surface area (Å²) in [7, 11) is 9.87. The van der Waals surface area contributed by atoms with Crippen LogP contribution >= 0.6 is 17.0 Å². The van der Waals surface area contributed by atoms with E-state index in [-0.39, 0.29) is 17.5 Å². The van der Waals surface area contributed by atoms with E-state index in [0.717, 1.165) is 24.8 Å². The first kappa shape index (κ1) is 23.1. The molecule has 3 rings (SSSR count). The van der Waals surface area contributed by atoms with Crippen LogP contribution in [0, 0.1) is 16.0 Å². The number of halogens is 2. The molecule has 1 saturated carbocycles. The van der Waals surface area contributed by atoms with Gasteiger partial charge in [0.25, 0.3) is 5.69 Å². The Morgan fingerprint density at radius 3 is 2.46 bits per heavy atom. The quantitative estimate of drug-likeness (QED) is 0.302. The number of nitro benzene ring substituents is 1. The molecule has 1 N–H and O–H groups in total. The number of phenols is 1. The van der Waals surface area contributed by atoms with E-state index in [9.17, 15) is 15.2 Å². The van der Waals surface area contributed by atoms with Gasteiger partial charge in [0.15, 0.2) is 0 Å². The monoisotopic (exact) mass is 498 g/mol. The van der Waals surface area contributed by atoms with Crippen molar-refractivity contribution in [1.29, 1.82) is 0 Å². The predicted octanol–water partition coefficient (Wildman–Crippen LogP) is 6.34. The second-order valence-corrected chi connectivity index (χ2v) is 10.5. The van der Waals surface area contributed by atoms with Gasteiger partial charge < -0.3 is 5.11 Å². The van der Waals surface area contributed by atoms with Crippen molar-refractivity contribution in [1.82, 2.24) is 0 Å². The Balaban J connectivity index is 0.000000878. The average Bonchev–Trinajstić information content (AvgIpc) is 2.69. The van der Waals surface area contributed by atoms with E-state index in [1.54, 1.807) is 6.21 Å². The molecule has 0 amide bonds. The van der Waals surface area contributed by atoms with E-state index in [1.807, 2.05) is 30.3 Å². The van der Waals surface area contributed by atoms with Gasteiger partial charge in [-0.25, -0.2) is 0 Å². The summed E-state index contributed by atoms with van der Waals surface area (Å²) in [6.45, 7) is 2.18. The van der Waals surface area contributed by atoms with Crippen LogP contribution in [-0.2, 0) is 20.8 Å². The van der Waals surface area contributed by atoms with Crippen LogP contribution in [0.15, 0.2) is 47.5 Å². The summed E-state index contributed by atoms with van der Waals surface area (Å²) < 4.78 is 0. The van der Waals surface area contributed by atoms with Gasteiger partial charge in [0.1, 0.15) is 5.75 Å². The first-order valence-electron chi connectivity index (χ1n) is 9.04. The van der Waals surface area contributed by atoms with Gasteiger partial charge in [-0.15, -0.1) is 0 Å². The normalized spacial score (nSPS) is 19.0. The summed E-state index contributed by atoms with van der Waals surface area (Å²) in [5.41, 5.74) is 1.54. The van der Waals surface area contributed by atoms with Crippen LogP contribution < -0.4 is 0 Å². The molecule has 0 aliphatic heterocycles. The summed E-state index contributed by atoms with van der Waals surface area (Å²) >= 11 is -0.826. The van der Waals surface area contributed by atoms with Crippen LogP contribution in [0.2, 0.25) is 0 Å². The van der Waals surface area contributed by atoms with E-state index in [1.165, 1.54) is 18.6 Å². The molecule has 0 radical (unpaired) electrons. The van der Waals surface area contributed by atoms with E-state index in [4.69, 9.17) is 17.0 Å². The number of hydrogen-bond donors (Lipinski definition) is 1. The fourth-order valence-electron chi connectivity index (χ4n) is 3.38. The second-order valence-electron chi connectivity index (χ2n) is 6.73. The number of nitrogens with zero attached hydrogens (tertiary/aromatic N) is 2. The van der Waals surface area contributed by atoms with Crippen molar-refractivity contribution in [2.24, 2.45) is 10.9 Å². The Morgan fingerprint density at radius 2 is 1.86 bits per heavy atom. The van der Waals surface area contributed by atoms with Gasteiger partial charge in [-0.1, -0.05) is 50.1 Å². The van der Waals surface area contributed by atoms with Crippen LogP contribution in [0.25, 0.3) is 11.1 Å². The molecule has 2 aromatic carbocycles. The van der Waals surface area contributed by atoms with E-state index < -0.39 is 25.8 Å². The molecule has 0 heterocycles. The van der Waals surface area contributed by atoms with Crippen molar-refractivity contribution in [3.63, 3.8) is 0 Å². The Kier molecular flexibility index (Phi) is 9.63. The molecule has 1 aliphatic carbocycles.